The Morgan fingerprint density at radius 1 is 1.11 bits per heavy atom. The number of rotatable bonds is 7. The molecule has 4 nitrogen and oxygen atoms in total. The van der Waals surface area contributed by atoms with Gasteiger partial charge < -0.3 is 14.9 Å². The maximum Gasteiger partial charge on any atom is 0.253 e. The van der Waals surface area contributed by atoms with Gasteiger partial charge in [0, 0.05) is 43.3 Å². The van der Waals surface area contributed by atoms with Crippen LogP contribution in [0.2, 0.25) is 5.02 Å². The molecule has 204 valence electrons. The molecule has 2 aliphatic rings. The Morgan fingerprint density at radius 3 is 2.45 bits per heavy atom. The fraction of sp³-hybridized carbons (Fsp3) is 0.452. The minimum absolute atomic E-state index is 0.0635. The van der Waals surface area contributed by atoms with E-state index in [2.05, 4.69) is 4.90 Å². The summed E-state index contributed by atoms with van der Waals surface area (Å²) in [5.41, 5.74) is 2.16. The first-order valence-electron chi connectivity index (χ1n) is 13.5. The molecule has 2 aliphatic heterocycles. The molecule has 0 saturated carbocycles. The van der Waals surface area contributed by atoms with Crippen LogP contribution in [0.4, 0.5) is 4.39 Å². The van der Waals surface area contributed by atoms with E-state index in [0.29, 0.717) is 16.5 Å². The third-order valence-electron chi connectivity index (χ3n) is 7.74. The Morgan fingerprint density at radius 2 is 1.82 bits per heavy atom. The number of halogens is 2. The zero-order valence-electron chi connectivity index (χ0n) is 22.1. The Balaban J connectivity index is 0.000000603. The quantitative estimate of drug-likeness (QED) is 0.346. The monoisotopic (exact) mass is 556 g/mol. The van der Waals surface area contributed by atoms with Crippen molar-refractivity contribution in [2.45, 2.75) is 51.0 Å². The predicted molar refractivity (Wildman–Crippen MR) is 154 cm³/mol. The Hall–Kier alpha value is -2.25. The molecule has 3 heterocycles. The molecule has 0 aliphatic carbocycles. The molecule has 1 N–H and O–H groups in total. The van der Waals surface area contributed by atoms with Gasteiger partial charge in [0.15, 0.2) is 0 Å². The molecular formula is C31H38ClFN2O2S. The van der Waals surface area contributed by atoms with Gasteiger partial charge in [-0.3, -0.25) is 4.79 Å². The lowest BCUT2D eigenvalue weighted by Gasteiger charge is -2.39. The topological polar surface area (TPSA) is 43.8 Å². The van der Waals surface area contributed by atoms with Gasteiger partial charge in [0.05, 0.1) is 5.60 Å². The second-order valence-corrected chi connectivity index (χ2v) is 11.9. The first-order chi connectivity index (χ1) is 18.3. The van der Waals surface area contributed by atoms with Crippen LogP contribution in [0.25, 0.3) is 0 Å². The number of piperidine rings is 1. The van der Waals surface area contributed by atoms with Gasteiger partial charge in [0.25, 0.3) is 5.91 Å². The van der Waals surface area contributed by atoms with Crippen molar-refractivity contribution >= 4 is 28.8 Å². The van der Waals surface area contributed by atoms with Gasteiger partial charge in [-0.1, -0.05) is 41.9 Å². The number of aliphatic hydroxyl groups is 1. The Bertz CT molecular complexity index is 1130. The van der Waals surface area contributed by atoms with E-state index in [9.17, 15) is 14.3 Å². The predicted octanol–water partition coefficient (Wildman–Crippen LogP) is 6.85. The molecule has 7 heteroatoms. The molecule has 0 radical (unpaired) electrons. The van der Waals surface area contributed by atoms with Crippen molar-refractivity contribution in [3.05, 3.63) is 92.9 Å². The zero-order valence-corrected chi connectivity index (χ0v) is 23.7. The fourth-order valence-corrected chi connectivity index (χ4v) is 5.98. The SMILES string of the molecule is Cc1ccc(C(=O)N2CC[C@H](CN3CCC(O)(CCCc4ccc(F)cc4)CC3)C2)cc1Cl.c1ccsc1. The zero-order chi connectivity index (χ0) is 27.0. The van der Waals surface area contributed by atoms with Gasteiger partial charge in [-0.25, -0.2) is 4.39 Å². The first-order valence-corrected chi connectivity index (χ1v) is 14.9. The van der Waals surface area contributed by atoms with Gasteiger partial charge in [0.2, 0.25) is 0 Å². The van der Waals surface area contributed by atoms with Crippen molar-refractivity contribution in [1.82, 2.24) is 9.80 Å². The lowest BCUT2D eigenvalue weighted by Crippen LogP contribution is -2.46. The van der Waals surface area contributed by atoms with Crippen LogP contribution < -0.4 is 0 Å². The number of thiophene rings is 1. The summed E-state index contributed by atoms with van der Waals surface area (Å²) < 4.78 is 13.0. The molecule has 1 aromatic heterocycles. The third-order valence-corrected chi connectivity index (χ3v) is 8.78. The van der Waals surface area contributed by atoms with E-state index in [-0.39, 0.29) is 11.7 Å². The number of aryl methyl sites for hydroxylation is 2. The second kappa shape index (κ2) is 13.7. The van der Waals surface area contributed by atoms with Crippen molar-refractivity contribution in [3.63, 3.8) is 0 Å². The number of carbonyl (C=O) groups excluding carboxylic acids is 1. The summed E-state index contributed by atoms with van der Waals surface area (Å²) in [6, 6.07) is 16.2. The van der Waals surface area contributed by atoms with Crippen LogP contribution in [0.5, 0.6) is 0 Å². The molecule has 3 aromatic rings. The molecule has 1 amide bonds. The highest BCUT2D eigenvalue weighted by atomic mass is 35.5. The summed E-state index contributed by atoms with van der Waals surface area (Å²) in [7, 11) is 0. The van der Waals surface area contributed by atoms with Crippen LogP contribution >= 0.6 is 22.9 Å². The smallest absolute Gasteiger partial charge is 0.253 e. The molecule has 1 atom stereocenters. The molecule has 0 spiro atoms. The van der Waals surface area contributed by atoms with Crippen LogP contribution in [0.3, 0.4) is 0 Å². The van der Waals surface area contributed by atoms with E-state index >= 15 is 0 Å². The van der Waals surface area contributed by atoms with E-state index in [1.807, 2.05) is 59.0 Å². The van der Waals surface area contributed by atoms with Gasteiger partial charge >= 0.3 is 0 Å². The molecule has 5 rings (SSSR count). The van der Waals surface area contributed by atoms with Crippen LogP contribution in [0.15, 0.2) is 65.4 Å². The van der Waals surface area contributed by atoms with Crippen molar-refractivity contribution < 1.29 is 14.3 Å². The number of likely N-dealkylation sites (tertiary alicyclic amines) is 2. The Kier molecular flexibility index (Phi) is 10.4. The van der Waals surface area contributed by atoms with E-state index in [1.54, 1.807) is 17.4 Å². The average molecular weight is 557 g/mol. The minimum atomic E-state index is -0.598. The van der Waals surface area contributed by atoms with Crippen LogP contribution in [0.1, 0.15) is 53.6 Å². The maximum atomic E-state index is 13.0. The van der Waals surface area contributed by atoms with Gasteiger partial charge in [0.1, 0.15) is 5.82 Å². The van der Waals surface area contributed by atoms with Gasteiger partial charge in [-0.2, -0.15) is 11.3 Å². The van der Waals surface area contributed by atoms with E-state index in [0.717, 1.165) is 82.4 Å². The number of hydrogen-bond acceptors (Lipinski definition) is 4. The summed E-state index contributed by atoms with van der Waals surface area (Å²) in [6.07, 6.45) is 5.14. The highest BCUT2D eigenvalue weighted by Gasteiger charge is 2.34. The van der Waals surface area contributed by atoms with Gasteiger partial charge in [-0.15, -0.1) is 0 Å². The molecule has 0 unspecified atom stereocenters. The maximum absolute atomic E-state index is 13.0. The van der Waals surface area contributed by atoms with Crippen molar-refractivity contribution in [1.29, 1.82) is 0 Å². The standard InChI is InChI=1S/C27H34ClFN2O2.C4H4S/c1-20-4-7-23(17-25(20)28)26(32)31-14-10-22(19-31)18-30-15-12-27(33,13-16-30)11-2-3-21-5-8-24(29)9-6-21;1-2-4-5-3-1/h4-9,17,22,33H,2-3,10-16,18-19H2,1H3;1-4H/t22-;/m1./s1. The molecule has 38 heavy (non-hydrogen) atoms. The molecular weight excluding hydrogens is 519 g/mol. The highest BCUT2D eigenvalue weighted by molar-refractivity contribution is 7.07. The summed E-state index contributed by atoms with van der Waals surface area (Å²) in [5.74, 6) is 0.326. The van der Waals surface area contributed by atoms with Crippen LogP contribution in [0, 0.1) is 18.7 Å². The second-order valence-electron chi connectivity index (χ2n) is 10.7. The minimum Gasteiger partial charge on any atom is -0.390 e. The van der Waals surface area contributed by atoms with Gasteiger partial charge in [-0.05, 0) is 97.5 Å². The molecule has 2 fully saturated rings. The lowest BCUT2D eigenvalue weighted by atomic mass is 9.85. The fourth-order valence-electron chi connectivity index (χ4n) is 5.34. The summed E-state index contributed by atoms with van der Waals surface area (Å²) in [5, 5.41) is 15.7. The van der Waals surface area contributed by atoms with Crippen molar-refractivity contribution in [2.75, 3.05) is 32.7 Å². The number of hydrogen-bond donors (Lipinski definition) is 1. The number of benzene rings is 2. The van der Waals surface area contributed by atoms with Crippen LogP contribution in [-0.4, -0.2) is 59.1 Å². The van der Waals surface area contributed by atoms with E-state index in [1.165, 1.54) is 12.1 Å². The lowest BCUT2D eigenvalue weighted by molar-refractivity contribution is -0.0312. The summed E-state index contributed by atoms with van der Waals surface area (Å²) in [4.78, 5) is 17.2. The number of amides is 1. The molecule has 2 saturated heterocycles. The van der Waals surface area contributed by atoms with Crippen molar-refractivity contribution in [2.24, 2.45) is 5.92 Å². The van der Waals surface area contributed by atoms with E-state index in [4.69, 9.17) is 11.6 Å². The third kappa shape index (κ3) is 8.37. The summed E-state index contributed by atoms with van der Waals surface area (Å²) in [6.45, 7) is 6.27. The van der Waals surface area contributed by atoms with E-state index < -0.39 is 5.60 Å². The molecule has 2 aromatic carbocycles. The van der Waals surface area contributed by atoms with Crippen molar-refractivity contribution in [3.8, 4) is 0 Å². The highest BCUT2D eigenvalue weighted by Crippen LogP contribution is 2.29. The summed E-state index contributed by atoms with van der Waals surface area (Å²) >= 11 is 7.92. The average Bonchev–Trinajstić information content (AvgIpc) is 3.64. The molecule has 0 bridgehead atoms. The number of carbonyl (C=O) groups is 1. The largest absolute Gasteiger partial charge is 0.390 e. The Labute approximate surface area is 235 Å². The first kappa shape index (κ1) is 28.8. The number of nitrogens with zero attached hydrogens (tertiary/aromatic N) is 2. The normalized spacial score (nSPS) is 19.2. The van der Waals surface area contributed by atoms with Crippen LogP contribution in [-0.2, 0) is 6.42 Å².